The Morgan fingerprint density at radius 3 is 2.74 bits per heavy atom. The third-order valence-corrected chi connectivity index (χ3v) is 6.00. The molecule has 1 heterocycles. The predicted molar refractivity (Wildman–Crippen MR) is 100 cm³/mol. The molecule has 0 radical (unpaired) electrons. The second kappa shape index (κ2) is 8.08. The number of esters is 1. The molecule has 2 N–H and O–H groups in total. The molecule has 8 heteroatoms. The summed E-state index contributed by atoms with van der Waals surface area (Å²) >= 11 is 0. The molecule has 1 aliphatic rings. The number of carbonyl (C=O) groups is 1. The molecule has 0 saturated heterocycles. The van der Waals surface area contributed by atoms with Crippen molar-refractivity contribution in [3.05, 3.63) is 59.2 Å². The Kier molecular flexibility index (Phi) is 5.79. The summed E-state index contributed by atoms with van der Waals surface area (Å²) in [6.45, 7) is 1.02. The lowest BCUT2D eigenvalue weighted by Crippen LogP contribution is -2.38. The van der Waals surface area contributed by atoms with E-state index >= 15 is 0 Å². The Hall–Kier alpha value is -2.42. The number of ether oxygens (including phenoxy) is 2. The van der Waals surface area contributed by atoms with Crippen LogP contribution in [0.5, 0.6) is 5.75 Å². The zero-order chi connectivity index (χ0) is 19.4. The number of hydrogen-bond acceptors (Lipinski definition) is 6. The van der Waals surface area contributed by atoms with Crippen molar-refractivity contribution in [1.82, 2.24) is 10.0 Å². The molecule has 1 atom stereocenters. The molecule has 0 spiro atoms. The summed E-state index contributed by atoms with van der Waals surface area (Å²) in [6, 6.07) is 12.0. The molecule has 0 fully saturated rings. The second-order valence-corrected chi connectivity index (χ2v) is 7.93. The molecule has 0 aliphatic carbocycles. The van der Waals surface area contributed by atoms with Crippen LogP contribution in [0.2, 0.25) is 0 Å². The van der Waals surface area contributed by atoms with Crippen molar-refractivity contribution in [2.75, 3.05) is 27.3 Å². The highest BCUT2D eigenvalue weighted by atomic mass is 32.2. The van der Waals surface area contributed by atoms with Crippen LogP contribution in [0.4, 0.5) is 0 Å². The molecular weight excluding hydrogens is 368 g/mol. The maximum atomic E-state index is 12.7. The first kappa shape index (κ1) is 19.3. The van der Waals surface area contributed by atoms with E-state index in [1.54, 1.807) is 0 Å². The maximum absolute atomic E-state index is 12.7. The number of sulfonamides is 1. The number of methoxy groups -OCH3 is 2. The number of fused-ring (bicyclic) bond motifs is 1. The van der Waals surface area contributed by atoms with Gasteiger partial charge in [0.2, 0.25) is 10.0 Å². The van der Waals surface area contributed by atoms with Crippen LogP contribution < -0.4 is 14.8 Å². The van der Waals surface area contributed by atoms with E-state index in [2.05, 4.69) is 20.8 Å². The van der Waals surface area contributed by atoms with Gasteiger partial charge in [-0.2, -0.15) is 0 Å². The van der Waals surface area contributed by atoms with Gasteiger partial charge in [-0.1, -0.05) is 24.3 Å². The van der Waals surface area contributed by atoms with Gasteiger partial charge in [0.1, 0.15) is 11.3 Å². The summed E-state index contributed by atoms with van der Waals surface area (Å²) in [6.07, 6.45) is 0.922. The first-order valence-corrected chi connectivity index (χ1v) is 10.0. The van der Waals surface area contributed by atoms with Crippen molar-refractivity contribution in [3.8, 4) is 5.75 Å². The lowest BCUT2D eigenvalue weighted by atomic mass is 9.95. The number of carbonyl (C=O) groups excluding carboxylic acids is 1. The normalized spacial score (nSPS) is 16.4. The molecular formula is C19H22N2O5S. The van der Waals surface area contributed by atoms with E-state index in [4.69, 9.17) is 4.74 Å². The summed E-state index contributed by atoms with van der Waals surface area (Å²) in [7, 11) is -1.14. The molecule has 0 saturated carbocycles. The molecule has 2 aromatic carbocycles. The van der Waals surface area contributed by atoms with Crippen molar-refractivity contribution < 1.29 is 22.7 Å². The van der Waals surface area contributed by atoms with Crippen LogP contribution in [0, 0.1) is 0 Å². The van der Waals surface area contributed by atoms with E-state index in [1.165, 1.54) is 38.0 Å². The number of benzene rings is 2. The zero-order valence-electron chi connectivity index (χ0n) is 15.2. The van der Waals surface area contributed by atoms with Crippen LogP contribution in [0.15, 0.2) is 47.4 Å². The first-order valence-electron chi connectivity index (χ1n) is 8.53. The molecule has 2 aromatic rings. The first-order chi connectivity index (χ1) is 13.0. The zero-order valence-corrected chi connectivity index (χ0v) is 16.0. The molecule has 7 nitrogen and oxygen atoms in total. The van der Waals surface area contributed by atoms with Gasteiger partial charge in [0.15, 0.2) is 0 Å². The van der Waals surface area contributed by atoms with Crippen molar-refractivity contribution in [2.24, 2.45) is 0 Å². The molecule has 0 amide bonds. The second-order valence-electron chi connectivity index (χ2n) is 6.16. The average Bonchev–Trinajstić information content (AvgIpc) is 2.71. The summed E-state index contributed by atoms with van der Waals surface area (Å²) in [5, 5.41) is 3.34. The third kappa shape index (κ3) is 4.13. The van der Waals surface area contributed by atoms with E-state index in [0.717, 1.165) is 18.5 Å². The summed E-state index contributed by atoms with van der Waals surface area (Å²) in [5.74, 6) is -0.447. The van der Waals surface area contributed by atoms with Gasteiger partial charge in [0.25, 0.3) is 0 Å². The smallest absolute Gasteiger partial charge is 0.341 e. The minimum atomic E-state index is -3.77. The minimum absolute atomic E-state index is 0.0242. The van der Waals surface area contributed by atoms with Crippen LogP contribution in [0.25, 0.3) is 0 Å². The van der Waals surface area contributed by atoms with Crippen LogP contribution in [-0.4, -0.2) is 41.7 Å². The third-order valence-electron chi connectivity index (χ3n) is 4.58. The van der Waals surface area contributed by atoms with Gasteiger partial charge in [-0.3, -0.25) is 0 Å². The van der Waals surface area contributed by atoms with E-state index in [0.29, 0.717) is 0 Å². The number of rotatable bonds is 6. The molecule has 0 aromatic heterocycles. The van der Waals surface area contributed by atoms with Crippen molar-refractivity contribution >= 4 is 16.0 Å². The van der Waals surface area contributed by atoms with Crippen LogP contribution in [0.3, 0.4) is 0 Å². The lowest BCUT2D eigenvalue weighted by molar-refractivity contribution is 0.0597. The van der Waals surface area contributed by atoms with Gasteiger partial charge in [-0.05, 0) is 36.2 Å². The van der Waals surface area contributed by atoms with E-state index < -0.39 is 16.0 Å². The van der Waals surface area contributed by atoms with Gasteiger partial charge in [0, 0.05) is 18.7 Å². The van der Waals surface area contributed by atoms with Gasteiger partial charge in [0.05, 0.1) is 19.1 Å². The van der Waals surface area contributed by atoms with Crippen LogP contribution in [-0.2, 0) is 21.2 Å². The van der Waals surface area contributed by atoms with E-state index in [9.17, 15) is 13.2 Å². The van der Waals surface area contributed by atoms with Crippen molar-refractivity contribution in [1.29, 1.82) is 0 Å². The molecule has 1 unspecified atom stereocenters. The van der Waals surface area contributed by atoms with E-state index in [1.807, 2.05) is 18.2 Å². The van der Waals surface area contributed by atoms with Gasteiger partial charge in [-0.25, -0.2) is 17.9 Å². The Labute approximate surface area is 158 Å². The average molecular weight is 390 g/mol. The summed E-state index contributed by atoms with van der Waals surface area (Å²) < 4.78 is 37.8. The quantitative estimate of drug-likeness (QED) is 0.729. The topological polar surface area (TPSA) is 93.7 Å². The molecule has 0 bridgehead atoms. The molecule has 27 heavy (non-hydrogen) atoms. The monoisotopic (exact) mass is 390 g/mol. The summed E-state index contributed by atoms with van der Waals surface area (Å²) in [4.78, 5) is 11.8. The minimum Gasteiger partial charge on any atom is -0.496 e. The Balaban J connectivity index is 1.79. The Morgan fingerprint density at radius 2 is 2.00 bits per heavy atom. The highest BCUT2D eigenvalue weighted by molar-refractivity contribution is 7.89. The number of hydrogen-bond donors (Lipinski definition) is 2. The largest absolute Gasteiger partial charge is 0.496 e. The fourth-order valence-electron chi connectivity index (χ4n) is 3.17. The van der Waals surface area contributed by atoms with Crippen molar-refractivity contribution in [2.45, 2.75) is 17.4 Å². The predicted octanol–water partition coefficient (Wildman–Crippen LogP) is 1.65. The van der Waals surface area contributed by atoms with Gasteiger partial charge < -0.3 is 14.8 Å². The molecule has 3 rings (SSSR count). The highest BCUT2D eigenvalue weighted by Crippen LogP contribution is 2.25. The summed E-state index contributed by atoms with van der Waals surface area (Å²) in [5.41, 5.74) is 2.50. The maximum Gasteiger partial charge on any atom is 0.341 e. The standard InChI is InChI=1S/C19H22N2O5S/c1-25-18-11-14(7-8-16(18)19(22)26-2)27(23,24)21-12-17-15-6-4-3-5-13(15)9-10-20-17/h3-8,11,17,20-21H,9-10,12H2,1-2H3. The molecule has 1 aliphatic heterocycles. The van der Waals surface area contributed by atoms with Gasteiger partial charge >= 0.3 is 5.97 Å². The Bertz CT molecular complexity index is 943. The van der Waals surface area contributed by atoms with Gasteiger partial charge in [-0.15, -0.1) is 0 Å². The van der Waals surface area contributed by atoms with Crippen molar-refractivity contribution in [3.63, 3.8) is 0 Å². The lowest BCUT2D eigenvalue weighted by Gasteiger charge is -2.27. The Morgan fingerprint density at radius 1 is 1.22 bits per heavy atom. The fourth-order valence-corrected chi connectivity index (χ4v) is 4.23. The van der Waals surface area contributed by atoms with E-state index in [-0.39, 0.29) is 28.8 Å². The van der Waals surface area contributed by atoms with Crippen LogP contribution in [0.1, 0.15) is 27.5 Å². The van der Waals surface area contributed by atoms with Crippen LogP contribution >= 0.6 is 0 Å². The SMILES string of the molecule is COC(=O)c1ccc(S(=O)(=O)NCC2NCCc3ccccc32)cc1OC. The number of nitrogens with one attached hydrogen (secondary N) is 2. The highest BCUT2D eigenvalue weighted by Gasteiger charge is 2.23. The fraction of sp³-hybridized carbons (Fsp3) is 0.316. The molecule has 144 valence electrons.